The summed E-state index contributed by atoms with van der Waals surface area (Å²) >= 11 is 0. The van der Waals surface area contributed by atoms with Crippen LogP contribution in [0.3, 0.4) is 0 Å². The maximum Gasteiger partial charge on any atom is 0.338 e. The van der Waals surface area contributed by atoms with E-state index in [1.165, 1.54) is 0 Å². The van der Waals surface area contributed by atoms with Crippen molar-refractivity contribution < 1.29 is 28.5 Å². The Morgan fingerprint density at radius 3 is 1.42 bits per heavy atom. The quantitative estimate of drug-likeness (QED) is 0.741. The van der Waals surface area contributed by atoms with Crippen molar-refractivity contribution >= 4 is 11.9 Å². The third-order valence-corrected chi connectivity index (χ3v) is 4.50. The highest BCUT2D eigenvalue weighted by Gasteiger charge is 2.58. The Morgan fingerprint density at radius 1 is 0.692 bits per heavy atom. The molecule has 2 aliphatic heterocycles. The van der Waals surface area contributed by atoms with Gasteiger partial charge in [0.25, 0.3) is 0 Å². The molecule has 2 saturated heterocycles. The van der Waals surface area contributed by atoms with E-state index in [0.717, 1.165) is 0 Å². The summed E-state index contributed by atoms with van der Waals surface area (Å²) in [5.74, 6) is -0.768. The Kier molecular flexibility index (Phi) is 4.69. The fourth-order valence-electron chi connectivity index (χ4n) is 3.03. The molecule has 4 atom stereocenters. The van der Waals surface area contributed by atoms with Gasteiger partial charge in [-0.05, 0) is 24.3 Å². The highest BCUT2D eigenvalue weighted by molar-refractivity contribution is 5.89. The van der Waals surface area contributed by atoms with Crippen LogP contribution in [0.4, 0.5) is 0 Å². The number of fused-ring (bicyclic) bond motifs is 1. The molecule has 0 aliphatic carbocycles. The molecule has 2 aromatic rings. The van der Waals surface area contributed by atoms with Crippen molar-refractivity contribution in [2.75, 3.05) is 13.2 Å². The van der Waals surface area contributed by atoms with Gasteiger partial charge in [-0.25, -0.2) is 9.59 Å². The number of hydrogen-bond acceptors (Lipinski definition) is 6. The molecule has 26 heavy (non-hydrogen) atoms. The van der Waals surface area contributed by atoms with Gasteiger partial charge in [-0.2, -0.15) is 0 Å². The van der Waals surface area contributed by atoms with Gasteiger partial charge in [0, 0.05) is 0 Å². The molecule has 4 rings (SSSR count). The Bertz CT molecular complexity index is 708. The lowest BCUT2D eigenvalue weighted by molar-refractivity contribution is -0.376. The van der Waals surface area contributed by atoms with E-state index in [-0.39, 0.29) is 49.6 Å². The molecular formula is C20H18O6. The predicted octanol–water partition coefficient (Wildman–Crippen LogP) is 2.24. The smallest absolute Gasteiger partial charge is 0.338 e. The molecule has 0 N–H and O–H groups in total. The van der Waals surface area contributed by atoms with Gasteiger partial charge in [0.2, 0.25) is 0 Å². The van der Waals surface area contributed by atoms with Gasteiger partial charge in [-0.1, -0.05) is 36.4 Å². The number of benzene rings is 2. The summed E-state index contributed by atoms with van der Waals surface area (Å²) in [5.41, 5.74) is 1.01. The summed E-state index contributed by atoms with van der Waals surface area (Å²) in [6, 6.07) is 17.6. The molecule has 2 fully saturated rings. The summed E-state index contributed by atoms with van der Waals surface area (Å²) in [6.07, 6.45) is -0.763. The molecule has 6 heteroatoms. The number of ether oxygens (including phenoxy) is 4. The van der Waals surface area contributed by atoms with Crippen LogP contribution in [0.15, 0.2) is 60.7 Å². The highest BCUT2D eigenvalue weighted by atomic mass is 16.7. The molecule has 134 valence electrons. The number of carbonyl (C=O) groups excluding carboxylic acids is 2. The van der Waals surface area contributed by atoms with Gasteiger partial charge in [0.15, 0.2) is 0 Å². The van der Waals surface area contributed by atoms with Crippen LogP contribution < -0.4 is 0 Å². The van der Waals surface area contributed by atoms with Crippen molar-refractivity contribution in [2.45, 2.75) is 24.4 Å². The van der Waals surface area contributed by atoms with Crippen LogP contribution in [0.25, 0.3) is 0 Å². The third kappa shape index (κ3) is 3.34. The van der Waals surface area contributed by atoms with Gasteiger partial charge < -0.3 is 18.9 Å². The lowest BCUT2D eigenvalue weighted by Gasteiger charge is -2.56. The molecule has 0 aromatic heterocycles. The van der Waals surface area contributed by atoms with Crippen molar-refractivity contribution in [3.8, 4) is 0 Å². The van der Waals surface area contributed by atoms with Gasteiger partial charge in [-0.3, -0.25) is 0 Å². The zero-order valence-electron chi connectivity index (χ0n) is 13.9. The molecule has 2 aromatic carbocycles. The molecule has 0 radical (unpaired) electrons. The molecule has 0 saturated carbocycles. The summed E-state index contributed by atoms with van der Waals surface area (Å²) in [6.45, 7) is 0.289. The van der Waals surface area contributed by atoms with E-state index in [1.54, 1.807) is 48.5 Å². The molecule has 0 bridgehead atoms. The van der Waals surface area contributed by atoms with E-state index < -0.39 is 0 Å². The van der Waals surface area contributed by atoms with Crippen LogP contribution in [0.5, 0.6) is 0 Å². The number of esters is 2. The maximum absolute atomic E-state index is 11.9. The van der Waals surface area contributed by atoms with Gasteiger partial charge >= 0.3 is 11.9 Å². The second kappa shape index (κ2) is 7.27. The summed E-state index contributed by atoms with van der Waals surface area (Å²) in [7, 11) is 0. The minimum absolute atomic E-state index is 0.112. The zero-order chi connectivity index (χ0) is 17.9. The first kappa shape index (κ1) is 16.8. The molecule has 6 nitrogen and oxygen atoms in total. The first-order chi connectivity index (χ1) is 12.7. The lowest BCUT2D eigenvalue weighted by Crippen LogP contribution is -2.72. The maximum atomic E-state index is 11.9. The second-order valence-electron chi connectivity index (χ2n) is 6.21. The summed E-state index contributed by atoms with van der Waals surface area (Å²) in [5, 5.41) is 0. The number of carbonyl (C=O) groups is 2. The third-order valence-electron chi connectivity index (χ3n) is 4.50. The van der Waals surface area contributed by atoms with Crippen molar-refractivity contribution in [1.29, 1.82) is 0 Å². The van der Waals surface area contributed by atoms with E-state index in [9.17, 15) is 9.59 Å². The standard InChI is InChI=1S/C20H18O6/c21-19(13-7-3-1-4-8-13)23-11-15-17-18(25-15)16(26-17)12-24-20(22)14-9-5-2-6-10-14/h1-10,15-18H,11-12H2/t15-,16-,17+,18+/m0/s1. The topological polar surface area (TPSA) is 71.1 Å². The van der Waals surface area contributed by atoms with Crippen LogP contribution in [-0.2, 0) is 18.9 Å². The SMILES string of the molecule is O=C(OC[C@@H]1O[C@H]2[C@@H]1O[C@H]2COC(=O)c1ccccc1)c1ccccc1. The molecule has 0 amide bonds. The predicted molar refractivity (Wildman–Crippen MR) is 90.8 cm³/mol. The van der Waals surface area contributed by atoms with Crippen LogP contribution >= 0.6 is 0 Å². The molecular weight excluding hydrogens is 336 g/mol. The minimum Gasteiger partial charge on any atom is -0.459 e. The first-order valence-corrected chi connectivity index (χ1v) is 8.47. The average Bonchev–Trinajstić information content (AvgIpc) is 2.69. The average molecular weight is 354 g/mol. The molecule has 0 unspecified atom stereocenters. The fourth-order valence-corrected chi connectivity index (χ4v) is 3.03. The Morgan fingerprint density at radius 2 is 1.08 bits per heavy atom. The minimum atomic E-state index is -0.384. The van der Waals surface area contributed by atoms with Gasteiger partial charge in [-0.15, -0.1) is 0 Å². The normalized spacial score (nSPS) is 26.0. The zero-order valence-corrected chi connectivity index (χ0v) is 13.9. The van der Waals surface area contributed by atoms with E-state index in [0.29, 0.717) is 11.1 Å². The van der Waals surface area contributed by atoms with E-state index in [2.05, 4.69) is 0 Å². The largest absolute Gasteiger partial charge is 0.459 e. The van der Waals surface area contributed by atoms with Crippen LogP contribution in [0.1, 0.15) is 20.7 Å². The Labute approximate surface area is 150 Å². The van der Waals surface area contributed by atoms with Crippen molar-refractivity contribution in [3.05, 3.63) is 71.8 Å². The van der Waals surface area contributed by atoms with E-state index in [1.807, 2.05) is 12.1 Å². The van der Waals surface area contributed by atoms with Crippen LogP contribution in [0, 0.1) is 0 Å². The van der Waals surface area contributed by atoms with Crippen molar-refractivity contribution in [2.24, 2.45) is 0 Å². The van der Waals surface area contributed by atoms with Crippen molar-refractivity contribution in [3.63, 3.8) is 0 Å². The summed E-state index contributed by atoms with van der Waals surface area (Å²) < 4.78 is 21.9. The Hall–Kier alpha value is -2.70. The Balaban J connectivity index is 1.17. The van der Waals surface area contributed by atoms with E-state index in [4.69, 9.17) is 18.9 Å². The van der Waals surface area contributed by atoms with Crippen LogP contribution in [0.2, 0.25) is 0 Å². The summed E-state index contributed by atoms with van der Waals surface area (Å²) in [4.78, 5) is 23.8. The molecule has 0 spiro atoms. The number of hydrogen-bond donors (Lipinski definition) is 0. The highest BCUT2D eigenvalue weighted by Crippen LogP contribution is 2.39. The van der Waals surface area contributed by atoms with E-state index >= 15 is 0 Å². The number of rotatable bonds is 6. The van der Waals surface area contributed by atoms with Gasteiger partial charge in [0.05, 0.1) is 11.1 Å². The monoisotopic (exact) mass is 354 g/mol. The second-order valence-corrected chi connectivity index (χ2v) is 6.21. The molecule has 2 aliphatic rings. The fraction of sp³-hybridized carbons (Fsp3) is 0.300. The molecule has 2 heterocycles. The first-order valence-electron chi connectivity index (χ1n) is 8.47. The lowest BCUT2D eigenvalue weighted by atomic mass is 9.90. The van der Waals surface area contributed by atoms with Crippen LogP contribution in [-0.4, -0.2) is 49.6 Å². The van der Waals surface area contributed by atoms with Gasteiger partial charge in [0.1, 0.15) is 37.6 Å². The van der Waals surface area contributed by atoms with Crippen molar-refractivity contribution in [1.82, 2.24) is 0 Å².